The highest BCUT2D eigenvalue weighted by molar-refractivity contribution is 6.39. The summed E-state index contributed by atoms with van der Waals surface area (Å²) in [6.07, 6.45) is 3.77. The first-order chi connectivity index (χ1) is 12.1. The molecule has 1 heterocycles. The second-order valence-electron chi connectivity index (χ2n) is 6.26. The summed E-state index contributed by atoms with van der Waals surface area (Å²) >= 11 is 0. The number of para-hydroxylation sites is 2. The van der Waals surface area contributed by atoms with Crippen LogP contribution < -0.4 is 15.4 Å². The fourth-order valence-electron chi connectivity index (χ4n) is 3.21. The maximum Gasteiger partial charge on any atom is 0.313 e. The van der Waals surface area contributed by atoms with Gasteiger partial charge in [0.05, 0.1) is 18.9 Å². The van der Waals surface area contributed by atoms with E-state index in [2.05, 4.69) is 10.6 Å². The van der Waals surface area contributed by atoms with Crippen LogP contribution in [-0.4, -0.2) is 43.5 Å². The molecule has 0 bridgehead atoms. The molecule has 1 aromatic rings. The van der Waals surface area contributed by atoms with Crippen LogP contribution >= 0.6 is 0 Å². The first kappa shape index (κ1) is 17.7. The van der Waals surface area contributed by atoms with Gasteiger partial charge in [0.2, 0.25) is 0 Å². The van der Waals surface area contributed by atoms with Crippen molar-refractivity contribution in [3.05, 3.63) is 24.3 Å². The van der Waals surface area contributed by atoms with Crippen LogP contribution in [0.1, 0.15) is 32.6 Å². The SMILES string of the molecule is CCOc1ccccc1NC(=O)C(=O)NC[C@H]1COC2(CCCC2)O1. The highest BCUT2D eigenvalue weighted by atomic mass is 16.7. The van der Waals surface area contributed by atoms with Gasteiger partial charge in [-0.25, -0.2) is 0 Å². The average Bonchev–Trinajstić information content (AvgIpc) is 3.24. The Kier molecular flexibility index (Phi) is 5.55. The van der Waals surface area contributed by atoms with E-state index in [0.717, 1.165) is 25.7 Å². The van der Waals surface area contributed by atoms with E-state index in [4.69, 9.17) is 14.2 Å². The van der Waals surface area contributed by atoms with Crippen molar-refractivity contribution < 1.29 is 23.8 Å². The zero-order chi connectivity index (χ0) is 17.7. The number of ether oxygens (including phenoxy) is 3. The minimum Gasteiger partial charge on any atom is -0.492 e. The van der Waals surface area contributed by atoms with Gasteiger partial charge < -0.3 is 24.8 Å². The first-order valence-corrected chi connectivity index (χ1v) is 8.75. The first-order valence-electron chi connectivity index (χ1n) is 8.75. The Labute approximate surface area is 147 Å². The fraction of sp³-hybridized carbons (Fsp3) is 0.556. The van der Waals surface area contributed by atoms with E-state index in [9.17, 15) is 9.59 Å². The van der Waals surface area contributed by atoms with Gasteiger partial charge in [-0.15, -0.1) is 0 Å². The van der Waals surface area contributed by atoms with Crippen LogP contribution in [0.4, 0.5) is 5.69 Å². The highest BCUT2D eigenvalue weighted by Gasteiger charge is 2.43. The lowest BCUT2D eigenvalue weighted by Crippen LogP contribution is -2.40. The van der Waals surface area contributed by atoms with Gasteiger partial charge in [0.1, 0.15) is 11.9 Å². The van der Waals surface area contributed by atoms with Crippen LogP contribution in [0.5, 0.6) is 5.75 Å². The van der Waals surface area contributed by atoms with Crippen LogP contribution in [0.3, 0.4) is 0 Å². The van der Waals surface area contributed by atoms with Gasteiger partial charge in [0.25, 0.3) is 0 Å². The van der Waals surface area contributed by atoms with Gasteiger partial charge >= 0.3 is 11.8 Å². The zero-order valence-electron chi connectivity index (χ0n) is 14.4. The molecule has 25 heavy (non-hydrogen) atoms. The molecule has 1 aliphatic heterocycles. The van der Waals surface area contributed by atoms with Gasteiger partial charge in [-0.2, -0.15) is 0 Å². The molecule has 3 rings (SSSR count). The molecule has 1 aromatic carbocycles. The zero-order valence-corrected chi connectivity index (χ0v) is 14.4. The summed E-state index contributed by atoms with van der Waals surface area (Å²) in [6, 6.07) is 6.99. The molecule has 2 amide bonds. The van der Waals surface area contributed by atoms with Gasteiger partial charge in [0, 0.05) is 19.4 Å². The lowest BCUT2D eigenvalue weighted by atomic mass is 10.2. The number of anilines is 1. The lowest BCUT2D eigenvalue weighted by molar-refractivity contribution is -0.161. The van der Waals surface area contributed by atoms with E-state index in [1.165, 1.54) is 0 Å². The number of carbonyl (C=O) groups is 2. The van der Waals surface area contributed by atoms with Crippen LogP contribution in [0.2, 0.25) is 0 Å². The molecule has 0 radical (unpaired) electrons. The number of rotatable bonds is 5. The third-order valence-electron chi connectivity index (χ3n) is 4.41. The van der Waals surface area contributed by atoms with Gasteiger partial charge in [0.15, 0.2) is 5.79 Å². The van der Waals surface area contributed by atoms with E-state index in [1.54, 1.807) is 24.3 Å². The van der Waals surface area contributed by atoms with Crippen molar-refractivity contribution in [1.29, 1.82) is 0 Å². The Morgan fingerprint density at radius 1 is 1.24 bits per heavy atom. The molecule has 136 valence electrons. The summed E-state index contributed by atoms with van der Waals surface area (Å²) in [4.78, 5) is 24.1. The fourth-order valence-corrected chi connectivity index (χ4v) is 3.21. The molecule has 2 N–H and O–H groups in total. The van der Waals surface area contributed by atoms with Crippen molar-refractivity contribution in [3.8, 4) is 5.75 Å². The van der Waals surface area contributed by atoms with Crippen LogP contribution in [-0.2, 0) is 19.1 Å². The maximum absolute atomic E-state index is 12.1. The number of carbonyl (C=O) groups excluding carboxylic acids is 2. The normalized spacial score (nSPS) is 21.2. The Balaban J connectivity index is 1.48. The largest absolute Gasteiger partial charge is 0.492 e. The summed E-state index contributed by atoms with van der Waals surface area (Å²) in [6.45, 7) is 3.02. The number of hydrogen-bond donors (Lipinski definition) is 2. The molecule has 2 fully saturated rings. The van der Waals surface area contributed by atoms with Gasteiger partial charge in [-0.3, -0.25) is 9.59 Å². The topological polar surface area (TPSA) is 85.9 Å². The van der Waals surface area contributed by atoms with Crippen LogP contribution in [0, 0.1) is 0 Å². The quantitative estimate of drug-likeness (QED) is 0.793. The van der Waals surface area contributed by atoms with Crippen molar-refractivity contribution in [3.63, 3.8) is 0 Å². The summed E-state index contributed by atoms with van der Waals surface area (Å²) in [5.41, 5.74) is 0.467. The molecule has 7 nitrogen and oxygen atoms in total. The predicted octanol–water partition coefficient (Wildman–Crippen LogP) is 1.83. The molecule has 1 atom stereocenters. The number of amides is 2. The summed E-state index contributed by atoms with van der Waals surface area (Å²) in [5, 5.41) is 5.18. The Bertz CT molecular complexity index is 628. The lowest BCUT2D eigenvalue weighted by Gasteiger charge is -2.21. The second kappa shape index (κ2) is 7.84. The molecular weight excluding hydrogens is 324 g/mol. The summed E-state index contributed by atoms with van der Waals surface area (Å²) in [5.74, 6) is -1.38. The maximum atomic E-state index is 12.1. The van der Waals surface area contributed by atoms with Crippen molar-refractivity contribution in [2.24, 2.45) is 0 Å². The van der Waals surface area contributed by atoms with E-state index in [0.29, 0.717) is 24.7 Å². The molecule has 1 saturated heterocycles. The standard InChI is InChI=1S/C18H24N2O5/c1-2-23-15-8-4-3-7-14(15)20-17(22)16(21)19-11-13-12-24-18(25-13)9-5-6-10-18/h3-4,7-8,13H,2,5-6,9-12H2,1H3,(H,19,21)(H,20,22)/t13-/m0/s1. The Morgan fingerprint density at radius 3 is 2.76 bits per heavy atom. The Hall–Kier alpha value is -2.12. The van der Waals surface area contributed by atoms with Gasteiger partial charge in [-0.1, -0.05) is 12.1 Å². The molecule has 0 aromatic heterocycles. The summed E-state index contributed by atoms with van der Waals surface area (Å²) < 4.78 is 17.1. The van der Waals surface area contributed by atoms with E-state index in [-0.39, 0.29) is 12.6 Å². The molecule has 1 saturated carbocycles. The highest BCUT2D eigenvalue weighted by Crippen LogP contribution is 2.38. The third-order valence-corrected chi connectivity index (χ3v) is 4.41. The van der Waals surface area contributed by atoms with Crippen LogP contribution in [0.25, 0.3) is 0 Å². The molecular formula is C18H24N2O5. The van der Waals surface area contributed by atoms with Crippen molar-refractivity contribution in [2.45, 2.75) is 44.5 Å². The van der Waals surface area contributed by atoms with Crippen molar-refractivity contribution in [1.82, 2.24) is 5.32 Å². The van der Waals surface area contributed by atoms with E-state index >= 15 is 0 Å². The van der Waals surface area contributed by atoms with Gasteiger partial charge in [-0.05, 0) is 31.9 Å². The molecule has 2 aliphatic rings. The van der Waals surface area contributed by atoms with Crippen molar-refractivity contribution in [2.75, 3.05) is 25.1 Å². The van der Waals surface area contributed by atoms with Crippen LogP contribution in [0.15, 0.2) is 24.3 Å². The number of benzene rings is 1. The summed E-state index contributed by atoms with van der Waals surface area (Å²) in [7, 11) is 0. The van der Waals surface area contributed by atoms with E-state index in [1.807, 2.05) is 6.92 Å². The molecule has 7 heteroatoms. The molecule has 1 spiro atoms. The average molecular weight is 348 g/mol. The van der Waals surface area contributed by atoms with E-state index < -0.39 is 17.6 Å². The minimum atomic E-state index is -0.735. The smallest absolute Gasteiger partial charge is 0.313 e. The number of hydrogen-bond acceptors (Lipinski definition) is 5. The van der Waals surface area contributed by atoms with Crippen molar-refractivity contribution >= 4 is 17.5 Å². The predicted molar refractivity (Wildman–Crippen MR) is 91.3 cm³/mol. The third kappa shape index (κ3) is 4.29. The molecule has 1 aliphatic carbocycles. The second-order valence-corrected chi connectivity index (χ2v) is 6.26. The number of nitrogens with one attached hydrogen (secondary N) is 2. The minimum absolute atomic E-state index is 0.217. The molecule has 0 unspecified atom stereocenters. The Morgan fingerprint density at radius 2 is 2.00 bits per heavy atom. The monoisotopic (exact) mass is 348 g/mol.